The van der Waals surface area contributed by atoms with E-state index in [0.717, 1.165) is 5.56 Å². The van der Waals surface area contributed by atoms with Crippen LogP contribution >= 0.6 is 11.6 Å². The smallest absolute Gasteiger partial charge is 0.284 e. The Balaban J connectivity index is 2.34. The summed E-state index contributed by atoms with van der Waals surface area (Å²) in [7, 11) is 1.48. The monoisotopic (exact) mass is 281 g/mol. The number of nitro groups is 1. The number of methoxy groups -OCH3 is 1. The Labute approximate surface area is 114 Å². The molecule has 0 N–H and O–H groups in total. The van der Waals surface area contributed by atoms with E-state index in [2.05, 4.69) is 0 Å². The standard InChI is InChI=1S/C13H12ClNO4/c1-18-13-7-6-12(19-13)11(8-15(16)17)9-2-4-10(14)5-3-9/h2-7,11H,8H2,1H3/t11-/m0/s1. The molecule has 5 nitrogen and oxygen atoms in total. The molecule has 0 bridgehead atoms. The summed E-state index contributed by atoms with van der Waals surface area (Å²) in [6.45, 7) is -0.252. The van der Waals surface area contributed by atoms with Crippen molar-refractivity contribution < 1.29 is 14.1 Å². The molecule has 6 heteroatoms. The lowest BCUT2D eigenvalue weighted by molar-refractivity contribution is -0.482. The van der Waals surface area contributed by atoms with Gasteiger partial charge in [-0.05, 0) is 23.8 Å². The van der Waals surface area contributed by atoms with Crippen molar-refractivity contribution in [3.05, 3.63) is 62.9 Å². The Morgan fingerprint density at radius 1 is 1.32 bits per heavy atom. The van der Waals surface area contributed by atoms with Crippen LogP contribution in [-0.4, -0.2) is 18.6 Å². The van der Waals surface area contributed by atoms with Crippen LogP contribution in [0.3, 0.4) is 0 Å². The molecule has 0 amide bonds. The zero-order valence-electron chi connectivity index (χ0n) is 10.2. The Morgan fingerprint density at radius 2 is 2.00 bits per heavy atom. The number of halogens is 1. The first kappa shape index (κ1) is 13.4. The van der Waals surface area contributed by atoms with Crippen molar-refractivity contribution in [3.63, 3.8) is 0 Å². The molecular weight excluding hydrogens is 270 g/mol. The van der Waals surface area contributed by atoms with E-state index in [1.54, 1.807) is 36.4 Å². The van der Waals surface area contributed by atoms with E-state index in [1.165, 1.54) is 7.11 Å². The number of hydrogen-bond donors (Lipinski definition) is 0. The second kappa shape index (κ2) is 5.75. The van der Waals surface area contributed by atoms with E-state index in [4.69, 9.17) is 20.8 Å². The SMILES string of the molecule is COc1ccc([C@@H](C[N+](=O)[O-])c2ccc(Cl)cc2)o1. The van der Waals surface area contributed by atoms with Gasteiger partial charge in [0, 0.05) is 16.0 Å². The summed E-state index contributed by atoms with van der Waals surface area (Å²) in [6.07, 6.45) is 0. The fourth-order valence-corrected chi connectivity index (χ4v) is 1.96. The van der Waals surface area contributed by atoms with Crippen LogP contribution in [-0.2, 0) is 0 Å². The lowest BCUT2D eigenvalue weighted by Gasteiger charge is -2.10. The maximum absolute atomic E-state index is 10.8. The average molecular weight is 282 g/mol. The van der Waals surface area contributed by atoms with E-state index in [1.807, 2.05) is 0 Å². The number of ether oxygens (including phenoxy) is 1. The third-order valence-electron chi connectivity index (χ3n) is 2.75. The van der Waals surface area contributed by atoms with Crippen molar-refractivity contribution in [1.29, 1.82) is 0 Å². The van der Waals surface area contributed by atoms with Gasteiger partial charge in [0.25, 0.3) is 5.95 Å². The van der Waals surface area contributed by atoms with Gasteiger partial charge in [0.15, 0.2) is 0 Å². The molecule has 1 heterocycles. The molecule has 0 unspecified atom stereocenters. The van der Waals surface area contributed by atoms with Crippen LogP contribution in [0.4, 0.5) is 0 Å². The fourth-order valence-electron chi connectivity index (χ4n) is 1.84. The fraction of sp³-hybridized carbons (Fsp3) is 0.231. The summed E-state index contributed by atoms with van der Waals surface area (Å²) in [5.41, 5.74) is 0.776. The molecule has 0 saturated heterocycles. The molecule has 2 rings (SSSR count). The molecule has 0 saturated carbocycles. The van der Waals surface area contributed by atoms with E-state index < -0.39 is 5.92 Å². The second-order valence-corrected chi connectivity index (χ2v) is 4.42. The van der Waals surface area contributed by atoms with Gasteiger partial charge in [0.1, 0.15) is 11.7 Å². The lowest BCUT2D eigenvalue weighted by Crippen LogP contribution is -2.13. The van der Waals surface area contributed by atoms with Gasteiger partial charge in [-0.2, -0.15) is 0 Å². The first-order valence-corrected chi connectivity index (χ1v) is 5.99. The van der Waals surface area contributed by atoms with Gasteiger partial charge in [-0.15, -0.1) is 0 Å². The van der Waals surface area contributed by atoms with E-state index >= 15 is 0 Å². The number of rotatable bonds is 5. The highest BCUT2D eigenvalue weighted by Gasteiger charge is 2.23. The number of nitrogens with zero attached hydrogens (tertiary/aromatic N) is 1. The van der Waals surface area contributed by atoms with E-state index in [9.17, 15) is 10.1 Å². The summed E-state index contributed by atoms with van der Waals surface area (Å²) in [4.78, 5) is 10.4. The number of benzene rings is 1. The van der Waals surface area contributed by atoms with Gasteiger partial charge in [-0.25, -0.2) is 0 Å². The summed E-state index contributed by atoms with van der Waals surface area (Å²) >= 11 is 5.82. The Hall–Kier alpha value is -2.01. The molecule has 19 heavy (non-hydrogen) atoms. The van der Waals surface area contributed by atoms with Gasteiger partial charge >= 0.3 is 0 Å². The van der Waals surface area contributed by atoms with Crippen LogP contribution in [0.15, 0.2) is 40.8 Å². The second-order valence-electron chi connectivity index (χ2n) is 3.98. The zero-order chi connectivity index (χ0) is 13.8. The Kier molecular flexibility index (Phi) is 4.06. The first-order chi connectivity index (χ1) is 9.10. The van der Waals surface area contributed by atoms with E-state index in [0.29, 0.717) is 16.7 Å². The van der Waals surface area contributed by atoms with Crippen LogP contribution in [0, 0.1) is 10.1 Å². The summed E-state index contributed by atoms with van der Waals surface area (Å²) in [5.74, 6) is 0.365. The average Bonchev–Trinajstić information content (AvgIpc) is 2.85. The minimum Gasteiger partial charge on any atom is -0.468 e. The Morgan fingerprint density at radius 3 is 2.53 bits per heavy atom. The van der Waals surface area contributed by atoms with Crippen molar-refractivity contribution in [2.45, 2.75) is 5.92 Å². The van der Waals surface area contributed by atoms with Crippen LogP contribution in [0.1, 0.15) is 17.2 Å². The van der Waals surface area contributed by atoms with Crippen LogP contribution < -0.4 is 4.74 Å². The molecule has 1 aromatic carbocycles. The predicted molar refractivity (Wildman–Crippen MR) is 70.4 cm³/mol. The van der Waals surface area contributed by atoms with Gasteiger partial charge in [0.05, 0.1) is 7.11 Å². The summed E-state index contributed by atoms with van der Waals surface area (Å²) < 4.78 is 10.4. The predicted octanol–water partition coefficient (Wildman–Crippen LogP) is 3.35. The molecule has 0 aliphatic rings. The summed E-state index contributed by atoms with van der Waals surface area (Å²) in [5, 5.41) is 11.4. The first-order valence-electron chi connectivity index (χ1n) is 5.61. The van der Waals surface area contributed by atoms with Crippen LogP contribution in [0.2, 0.25) is 5.02 Å². The third-order valence-corrected chi connectivity index (χ3v) is 3.00. The maximum Gasteiger partial charge on any atom is 0.284 e. The van der Waals surface area contributed by atoms with Crippen LogP contribution in [0.5, 0.6) is 5.95 Å². The van der Waals surface area contributed by atoms with Gasteiger partial charge in [0.2, 0.25) is 6.54 Å². The molecule has 0 aliphatic carbocycles. The van der Waals surface area contributed by atoms with Crippen molar-refractivity contribution in [2.24, 2.45) is 0 Å². The van der Waals surface area contributed by atoms with Crippen molar-refractivity contribution in [1.82, 2.24) is 0 Å². The van der Waals surface area contributed by atoms with Gasteiger partial charge < -0.3 is 9.15 Å². The molecule has 1 aromatic heterocycles. The molecule has 0 aliphatic heterocycles. The summed E-state index contributed by atoms with van der Waals surface area (Å²) in [6, 6.07) is 10.2. The topological polar surface area (TPSA) is 65.5 Å². The number of hydrogen-bond acceptors (Lipinski definition) is 4. The van der Waals surface area contributed by atoms with E-state index in [-0.39, 0.29) is 11.5 Å². The minimum absolute atomic E-state index is 0.252. The van der Waals surface area contributed by atoms with Gasteiger partial charge in [-0.3, -0.25) is 10.1 Å². The number of furan rings is 1. The van der Waals surface area contributed by atoms with Crippen molar-refractivity contribution in [3.8, 4) is 5.95 Å². The molecule has 0 fully saturated rings. The highest BCUT2D eigenvalue weighted by molar-refractivity contribution is 6.30. The third kappa shape index (κ3) is 3.26. The Bertz CT molecular complexity index is 564. The molecule has 1 atom stereocenters. The van der Waals surface area contributed by atoms with Crippen molar-refractivity contribution >= 4 is 11.6 Å². The molecule has 0 radical (unpaired) electrons. The molecule has 2 aromatic rings. The molecular formula is C13H12ClNO4. The molecule has 100 valence electrons. The van der Waals surface area contributed by atoms with Crippen LogP contribution in [0.25, 0.3) is 0 Å². The highest BCUT2D eigenvalue weighted by Crippen LogP contribution is 2.29. The molecule has 0 spiro atoms. The van der Waals surface area contributed by atoms with Gasteiger partial charge in [-0.1, -0.05) is 23.7 Å². The normalized spacial score (nSPS) is 12.1. The highest BCUT2D eigenvalue weighted by atomic mass is 35.5. The zero-order valence-corrected chi connectivity index (χ0v) is 11.0. The van der Waals surface area contributed by atoms with Crippen molar-refractivity contribution in [2.75, 3.05) is 13.7 Å². The lowest BCUT2D eigenvalue weighted by atomic mass is 9.97. The minimum atomic E-state index is -0.462. The quantitative estimate of drug-likeness (QED) is 0.623. The maximum atomic E-state index is 10.8. The largest absolute Gasteiger partial charge is 0.468 e.